The van der Waals surface area contributed by atoms with E-state index in [1.165, 1.54) is 6.07 Å². The lowest BCUT2D eigenvalue weighted by Crippen LogP contribution is -2.37. The lowest BCUT2D eigenvalue weighted by Gasteiger charge is -2.27. The molecule has 1 aromatic rings. The zero-order valence-corrected chi connectivity index (χ0v) is 13.3. The summed E-state index contributed by atoms with van der Waals surface area (Å²) in [5, 5.41) is 31.8. The van der Waals surface area contributed by atoms with Crippen LogP contribution >= 0.6 is 0 Å². The number of nitrogens with zero attached hydrogens (tertiary/aromatic N) is 3. The van der Waals surface area contributed by atoms with Gasteiger partial charge >= 0.3 is 6.09 Å². The molecule has 1 atom stereocenters. The van der Waals surface area contributed by atoms with Crippen LogP contribution in [0.3, 0.4) is 0 Å². The molecule has 1 N–H and O–H groups in total. The Hall–Kier alpha value is -2.71. The fourth-order valence-corrected chi connectivity index (χ4v) is 2.30. The number of hydrogen-bond donors (Lipinski definition) is 1. The van der Waals surface area contributed by atoms with Crippen LogP contribution < -0.4 is 4.90 Å². The van der Waals surface area contributed by atoms with E-state index in [0.29, 0.717) is 6.42 Å². The Bertz CT molecular complexity index is 644. The van der Waals surface area contributed by atoms with Crippen LogP contribution in [0.25, 0.3) is 0 Å². The molecule has 1 aromatic carbocycles. The summed E-state index contributed by atoms with van der Waals surface area (Å²) >= 11 is 0. The Morgan fingerprint density at radius 1 is 1.22 bits per heavy atom. The first-order valence-electron chi connectivity index (χ1n) is 7.10. The zero-order chi connectivity index (χ0) is 17.9. The highest BCUT2D eigenvalue weighted by Crippen LogP contribution is 2.41. The van der Waals surface area contributed by atoms with Crippen molar-refractivity contribution in [1.82, 2.24) is 0 Å². The van der Waals surface area contributed by atoms with Crippen LogP contribution in [0, 0.1) is 20.2 Å². The van der Waals surface area contributed by atoms with E-state index in [2.05, 4.69) is 0 Å². The Labute approximate surface area is 132 Å². The number of nitro groups is 2. The van der Waals surface area contributed by atoms with Gasteiger partial charge in [0.05, 0.1) is 15.9 Å². The van der Waals surface area contributed by atoms with E-state index >= 15 is 0 Å². The summed E-state index contributed by atoms with van der Waals surface area (Å²) in [4.78, 5) is 33.4. The summed E-state index contributed by atoms with van der Waals surface area (Å²) in [6, 6.07) is 1.46. The molecule has 126 valence electrons. The number of anilines is 1. The molecule has 0 spiro atoms. The third-order valence-electron chi connectivity index (χ3n) is 3.62. The average molecular weight is 325 g/mol. The number of nitro benzene ring substituents is 2. The van der Waals surface area contributed by atoms with Crippen molar-refractivity contribution in [3.63, 3.8) is 0 Å². The fraction of sp³-hybridized carbons (Fsp3) is 0.500. The lowest BCUT2D eigenvalue weighted by molar-refractivity contribution is -0.393. The van der Waals surface area contributed by atoms with E-state index in [4.69, 9.17) is 0 Å². The van der Waals surface area contributed by atoms with Gasteiger partial charge in [0.1, 0.15) is 5.69 Å². The molecule has 9 nitrogen and oxygen atoms in total. The number of carbonyl (C=O) groups is 1. The third kappa shape index (κ3) is 3.74. The lowest BCUT2D eigenvalue weighted by atomic mass is 9.94. The van der Waals surface area contributed by atoms with Crippen molar-refractivity contribution in [3.8, 4) is 0 Å². The molecule has 0 heterocycles. The summed E-state index contributed by atoms with van der Waals surface area (Å²) in [5.41, 5.74) is -0.822. The first-order valence-corrected chi connectivity index (χ1v) is 7.10. The molecule has 0 bridgehead atoms. The van der Waals surface area contributed by atoms with Crippen molar-refractivity contribution in [2.24, 2.45) is 0 Å². The second kappa shape index (κ2) is 7.03. The largest absolute Gasteiger partial charge is 0.465 e. The number of amides is 1. The first-order chi connectivity index (χ1) is 10.6. The Balaban J connectivity index is 3.85. The van der Waals surface area contributed by atoms with Gasteiger partial charge in [-0.15, -0.1) is 0 Å². The summed E-state index contributed by atoms with van der Waals surface area (Å²) in [6.07, 6.45) is -0.793. The van der Waals surface area contributed by atoms with Crippen LogP contribution in [0.5, 0.6) is 0 Å². The van der Waals surface area contributed by atoms with Gasteiger partial charge in [-0.25, -0.2) is 4.79 Å². The molecule has 0 aliphatic rings. The quantitative estimate of drug-likeness (QED) is 0.624. The van der Waals surface area contributed by atoms with Crippen molar-refractivity contribution in [2.75, 3.05) is 4.90 Å². The zero-order valence-electron chi connectivity index (χ0n) is 13.3. The minimum atomic E-state index is -1.35. The first kappa shape index (κ1) is 18.3. The molecule has 0 radical (unpaired) electrons. The van der Waals surface area contributed by atoms with Crippen LogP contribution in [0.4, 0.5) is 21.9 Å². The Kier molecular flexibility index (Phi) is 5.61. The van der Waals surface area contributed by atoms with E-state index in [1.54, 1.807) is 20.8 Å². The Morgan fingerprint density at radius 3 is 2.13 bits per heavy atom. The van der Waals surface area contributed by atoms with Gasteiger partial charge in [-0.3, -0.25) is 25.1 Å². The number of benzene rings is 1. The second-order valence-electron chi connectivity index (χ2n) is 5.47. The van der Waals surface area contributed by atoms with Crippen LogP contribution in [0.15, 0.2) is 12.1 Å². The topological polar surface area (TPSA) is 127 Å². The van der Waals surface area contributed by atoms with Gasteiger partial charge in [-0.2, -0.15) is 0 Å². The normalized spacial score (nSPS) is 12.0. The molecule has 1 rings (SSSR count). The van der Waals surface area contributed by atoms with Crippen molar-refractivity contribution in [3.05, 3.63) is 37.9 Å². The van der Waals surface area contributed by atoms with E-state index in [1.807, 2.05) is 6.92 Å². The van der Waals surface area contributed by atoms with Crippen molar-refractivity contribution in [1.29, 1.82) is 0 Å². The van der Waals surface area contributed by atoms with Crippen LogP contribution in [-0.2, 0) is 0 Å². The van der Waals surface area contributed by atoms with E-state index in [-0.39, 0.29) is 17.2 Å². The van der Waals surface area contributed by atoms with Crippen molar-refractivity contribution >= 4 is 23.2 Å². The molecule has 0 saturated heterocycles. The molecule has 9 heteroatoms. The highest BCUT2D eigenvalue weighted by atomic mass is 16.6. The maximum absolute atomic E-state index is 11.6. The molecule has 0 aliphatic heterocycles. The van der Waals surface area contributed by atoms with Gasteiger partial charge < -0.3 is 5.11 Å². The molecule has 0 saturated carbocycles. The van der Waals surface area contributed by atoms with E-state index in [0.717, 1.165) is 11.0 Å². The van der Waals surface area contributed by atoms with Gasteiger partial charge in [0, 0.05) is 12.1 Å². The van der Waals surface area contributed by atoms with Crippen molar-refractivity contribution < 1.29 is 19.7 Å². The maximum Gasteiger partial charge on any atom is 0.412 e. The molecular weight excluding hydrogens is 306 g/mol. The average Bonchev–Trinajstić information content (AvgIpc) is 2.45. The second-order valence-corrected chi connectivity index (χ2v) is 5.47. The number of hydrogen-bond acceptors (Lipinski definition) is 5. The Morgan fingerprint density at radius 2 is 1.78 bits per heavy atom. The smallest absolute Gasteiger partial charge is 0.412 e. The molecule has 0 aliphatic carbocycles. The van der Waals surface area contributed by atoms with Gasteiger partial charge in [0.15, 0.2) is 0 Å². The van der Waals surface area contributed by atoms with Gasteiger partial charge in [0.2, 0.25) is 0 Å². The summed E-state index contributed by atoms with van der Waals surface area (Å²) in [6.45, 7) is 6.73. The third-order valence-corrected chi connectivity index (χ3v) is 3.62. The molecule has 1 amide bonds. The van der Waals surface area contributed by atoms with Crippen molar-refractivity contribution in [2.45, 2.75) is 46.1 Å². The standard InChI is InChI=1S/C14H19N3O6/c1-5-9(4)11-6-10(16(20)21)7-12(17(22)23)13(11)15(8(2)3)14(18)19/h6-9H,5H2,1-4H3,(H,18,19). The molecule has 0 aromatic heterocycles. The van der Waals surface area contributed by atoms with Gasteiger partial charge in [-0.05, 0) is 31.7 Å². The SMILES string of the molecule is CCC(C)c1cc([N+](=O)[O-])cc([N+](=O)[O-])c1N(C(=O)O)C(C)C. The predicted molar refractivity (Wildman–Crippen MR) is 84.1 cm³/mol. The molecule has 23 heavy (non-hydrogen) atoms. The highest BCUT2D eigenvalue weighted by molar-refractivity contribution is 5.92. The minimum absolute atomic E-state index is 0.0996. The highest BCUT2D eigenvalue weighted by Gasteiger charge is 2.33. The molecule has 1 unspecified atom stereocenters. The number of rotatable bonds is 6. The monoisotopic (exact) mass is 325 g/mol. The fourth-order valence-electron chi connectivity index (χ4n) is 2.30. The van der Waals surface area contributed by atoms with Gasteiger partial charge in [0.25, 0.3) is 11.4 Å². The maximum atomic E-state index is 11.6. The molecular formula is C14H19N3O6. The number of carboxylic acid groups (broad SMARTS) is 1. The summed E-state index contributed by atoms with van der Waals surface area (Å²) in [7, 11) is 0. The van der Waals surface area contributed by atoms with Crippen LogP contribution in [0.2, 0.25) is 0 Å². The van der Waals surface area contributed by atoms with E-state index < -0.39 is 33.4 Å². The summed E-state index contributed by atoms with van der Waals surface area (Å²) in [5.74, 6) is -0.274. The van der Waals surface area contributed by atoms with Gasteiger partial charge in [-0.1, -0.05) is 13.8 Å². The summed E-state index contributed by atoms with van der Waals surface area (Å²) < 4.78 is 0. The number of non-ortho nitro benzene ring substituents is 1. The van der Waals surface area contributed by atoms with E-state index in [9.17, 15) is 30.1 Å². The van der Waals surface area contributed by atoms with Crippen LogP contribution in [-0.4, -0.2) is 27.1 Å². The predicted octanol–water partition coefficient (Wildman–Crippen LogP) is 3.91. The van der Waals surface area contributed by atoms with Crippen LogP contribution in [0.1, 0.15) is 45.6 Å². The minimum Gasteiger partial charge on any atom is -0.465 e. The molecule has 0 fully saturated rings.